The number of hydrogen-bond donors (Lipinski definition) is 1. The first-order chi connectivity index (χ1) is 7.33. The molecule has 0 saturated heterocycles. The highest BCUT2D eigenvalue weighted by atomic mass is 32.1. The number of hydrogen-bond acceptors (Lipinski definition) is 4. The summed E-state index contributed by atoms with van der Waals surface area (Å²) in [6, 6.07) is 6.44. The van der Waals surface area contributed by atoms with Crippen molar-refractivity contribution < 1.29 is 4.39 Å². The summed E-state index contributed by atoms with van der Waals surface area (Å²) in [6.07, 6.45) is 1.65. The highest BCUT2D eigenvalue weighted by Gasteiger charge is 2.17. The number of nitrogens with one attached hydrogen (secondary N) is 1. The molecule has 0 aliphatic heterocycles. The van der Waals surface area contributed by atoms with Crippen molar-refractivity contribution in [1.29, 1.82) is 0 Å². The SMILES string of the molecule is CNC(c1cnsn1)c1ccccc1F. The number of rotatable bonds is 3. The second-order valence-corrected chi connectivity index (χ2v) is 3.63. The fourth-order valence-electron chi connectivity index (χ4n) is 1.47. The van der Waals surface area contributed by atoms with Crippen LogP contribution < -0.4 is 5.32 Å². The number of benzene rings is 1. The Kier molecular flexibility index (Phi) is 3.03. The van der Waals surface area contributed by atoms with Gasteiger partial charge in [0.1, 0.15) is 5.82 Å². The molecule has 1 aromatic heterocycles. The normalized spacial score (nSPS) is 12.7. The van der Waals surface area contributed by atoms with Crippen LogP contribution >= 0.6 is 11.7 Å². The lowest BCUT2D eigenvalue weighted by atomic mass is 10.0. The Balaban J connectivity index is 2.40. The Morgan fingerprint density at radius 1 is 1.40 bits per heavy atom. The van der Waals surface area contributed by atoms with Crippen LogP contribution in [0.3, 0.4) is 0 Å². The number of aromatic nitrogens is 2. The van der Waals surface area contributed by atoms with E-state index in [1.165, 1.54) is 6.07 Å². The van der Waals surface area contributed by atoms with E-state index in [-0.39, 0.29) is 11.9 Å². The molecule has 5 heteroatoms. The van der Waals surface area contributed by atoms with Crippen LogP contribution in [0.25, 0.3) is 0 Å². The van der Waals surface area contributed by atoms with E-state index in [1.54, 1.807) is 25.4 Å². The van der Waals surface area contributed by atoms with Crippen LogP contribution in [0.2, 0.25) is 0 Å². The molecule has 0 aliphatic rings. The van der Waals surface area contributed by atoms with Gasteiger partial charge < -0.3 is 5.32 Å². The van der Waals surface area contributed by atoms with Crippen molar-refractivity contribution in [2.24, 2.45) is 0 Å². The molecular weight excluding hydrogens is 213 g/mol. The third-order valence-corrected chi connectivity index (χ3v) is 2.67. The van der Waals surface area contributed by atoms with Crippen molar-refractivity contribution in [3.63, 3.8) is 0 Å². The fraction of sp³-hybridized carbons (Fsp3) is 0.200. The molecule has 78 valence electrons. The van der Waals surface area contributed by atoms with Gasteiger partial charge in [0, 0.05) is 5.56 Å². The predicted molar refractivity (Wildman–Crippen MR) is 57.2 cm³/mol. The van der Waals surface area contributed by atoms with Crippen molar-refractivity contribution >= 4 is 11.7 Å². The quantitative estimate of drug-likeness (QED) is 0.864. The molecule has 1 heterocycles. The molecule has 1 atom stereocenters. The van der Waals surface area contributed by atoms with Gasteiger partial charge in [0.25, 0.3) is 0 Å². The molecule has 0 spiro atoms. The maximum absolute atomic E-state index is 13.5. The van der Waals surface area contributed by atoms with E-state index in [1.807, 2.05) is 6.07 Å². The van der Waals surface area contributed by atoms with E-state index >= 15 is 0 Å². The van der Waals surface area contributed by atoms with Crippen molar-refractivity contribution in [2.75, 3.05) is 7.05 Å². The van der Waals surface area contributed by atoms with Gasteiger partial charge in [-0.3, -0.25) is 0 Å². The molecule has 0 amide bonds. The van der Waals surface area contributed by atoms with Crippen molar-refractivity contribution in [2.45, 2.75) is 6.04 Å². The van der Waals surface area contributed by atoms with Gasteiger partial charge in [0.15, 0.2) is 0 Å². The van der Waals surface area contributed by atoms with Crippen molar-refractivity contribution in [1.82, 2.24) is 14.1 Å². The Morgan fingerprint density at radius 3 is 2.80 bits per heavy atom. The summed E-state index contributed by atoms with van der Waals surface area (Å²) in [5.74, 6) is -0.232. The maximum Gasteiger partial charge on any atom is 0.128 e. The van der Waals surface area contributed by atoms with Crippen LogP contribution in [0.1, 0.15) is 17.3 Å². The summed E-state index contributed by atoms with van der Waals surface area (Å²) in [5, 5.41) is 3.03. The topological polar surface area (TPSA) is 37.8 Å². The molecule has 1 N–H and O–H groups in total. The lowest BCUT2D eigenvalue weighted by molar-refractivity contribution is 0.572. The van der Waals surface area contributed by atoms with Crippen LogP contribution in [0.4, 0.5) is 4.39 Å². The van der Waals surface area contributed by atoms with E-state index < -0.39 is 0 Å². The Labute approximate surface area is 91.3 Å². The highest BCUT2D eigenvalue weighted by Crippen LogP contribution is 2.22. The molecule has 0 aliphatic carbocycles. The Hall–Kier alpha value is -1.33. The lowest BCUT2D eigenvalue weighted by Gasteiger charge is -2.14. The Bertz CT molecular complexity index is 430. The average Bonchev–Trinajstić information content (AvgIpc) is 2.75. The van der Waals surface area contributed by atoms with Gasteiger partial charge in [-0.05, 0) is 13.1 Å². The monoisotopic (exact) mass is 223 g/mol. The first-order valence-electron chi connectivity index (χ1n) is 4.52. The molecule has 0 bridgehead atoms. The van der Waals surface area contributed by atoms with Gasteiger partial charge >= 0.3 is 0 Å². The van der Waals surface area contributed by atoms with Crippen molar-refractivity contribution in [3.05, 3.63) is 47.5 Å². The Morgan fingerprint density at radius 2 is 2.20 bits per heavy atom. The van der Waals surface area contributed by atoms with E-state index in [0.717, 1.165) is 17.4 Å². The van der Waals surface area contributed by atoms with Gasteiger partial charge in [-0.25, -0.2) is 4.39 Å². The van der Waals surface area contributed by atoms with E-state index in [9.17, 15) is 4.39 Å². The molecule has 1 aromatic carbocycles. The summed E-state index contributed by atoms with van der Waals surface area (Å²) in [5.41, 5.74) is 1.33. The molecule has 3 nitrogen and oxygen atoms in total. The van der Waals surface area contributed by atoms with Gasteiger partial charge in [-0.2, -0.15) is 8.75 Å². The zero-order valence-corrected chi connectivity index (χ0v) is 8.96. The summed E-state index contributed by atoms with van der Waals surface area (Å²) in [7, 11) is 1.77. The highest BCUT2D eigenvalue weighted by molar-refractivity contribution is 6.99. The molecule has 0 saturated carbocycles. The van der Waals surface area contributed by atoms with Crippen LogP contribution in [-0.2, 0) is 0 Å². The average molecular weight is 223 g/mol. The lowest BCUT2D eigenvalue weighted by Crippen LogP contribution is -2.19. The minimum Gasteiger partial charge on any atom is -0.308 e. The third kappa shape index (κ3) is 2.03. The van der Waals surface area contributed by atoms with E-state index in [2.05, 4.69) is 14.1 Å². The van der Waals surface area contributed by atoms with Crippen LogP contribution in [0, 0.1) is 5.82 Å². The first-order valence-corrected chi connectivity index (χ1v) is 5.25. The molecular formula is C10H10FN3S. The summed E-state index contributed by atoms with van der Waals surface area (Å²) in [6.45, 7) is 0. The third-order valence-electron chi connectivity index (χ3n) is 2.18. The van der Waals surface area contributed by atoms with Crippen LogP contribution in [0.5, 0.6) is 0 Å². The molecule has 15 heavy (non-hydrogen) atoms. The fourth-order valence-corrected chi connectivity index (χ4v) is 1.92. The predicted octanol–water partition coefficient (Wildman–Crippen LogP) is 1.99. The largest absolute Gasteiger partial charge is 0.308 e. The van der Waals surface area contributed by atoms with E-state index in [0.29, 0.717) is 5.56 Å². The first kappa shape index (κ1) is 10.2. The smallest absolute Gasteiger partial charge is 0.128 e. The number of nitrogens with zero attached hydrogens (tertiary/aromatic N) is 2. The van der Waals surface area contributed by atoms with Gasteiger partial charge in [0.2, 0.25) is 0 Å². The molecule has 0 radical (unpaired) electrons. The van der Waals surface area contributed by atoms with Gasteiger partial charge in [-0.15, -0.1) is 0 Å². The maximum atomic E-state index is 13.5. The second-order valence-electron chi connectivity index (χ2n) is 3.08. The minimum absolute atomic E-state index is 0.232. The van der Waals surface area contributed by atoms with Crippen molar-refractivity contribution in [3.8, 4) is 0 Å². The van der Waals surface area contributed by atoms with E-state index in [4.69, 9.17) is 0 Å². The molecule has 1 unspecified atom stereocenters. The summed E-state index contributed by atoms with van der Waals surface area (Å²) < 4.78 is 21.6. The molecule has 0 fully saturated rings. The molecule has 2 rings (SSSR count). The minimum atomic E-state index is -0.232. The van der Waals surface area contributed by atoms with Gasteiger partial charge in [0.05, 0.1) is 29.7 Å². The standard InChI is InChI=1S/C10H10FN3S/c1-12-10(9-6-13-15-14-9)7-4-2-3-5-8(7)11/h2-6,10,12H,1H3. The van der Waals surface area contributed by atoms with Crippen LogP contribution in [0.15, 0.2) is 30.5 Å². The van der Waals surface area contributed by atoms with Gasteiger partial charge in [-0.1, -0.05) is 18.2 Å². The van der Waals surface area contributed by atoms with Crippen LogP contribution in [-0.4, -0.2) is 15.8 Å². The summed E-state index contributed by atoms with van der Waals surface area (Å²) in [4.78, 5) is 0. The summed E-state index contributed by atoms with van der Waals surface area (Å²) >= 11 is 1.12. The molecule has 2 aromatic rings. The second kappa shape index (κ2) is 4.46. The zero-order chi connectivity index (χ0) is 10.7. The zero-order valence-electron chi connectivity index (χ0n) is 8.14. The number of halogens is 1.